The topological polar surface area (TPSA) is 103 Å². The van der Waals surface area contributed by atoms with Crippen molar-refractivity contribution in [2.75, 3.05) is 73.5 Å². The second-order valence-corrected chi connectivity index (χ2v) is 13.6. The van der Waals surface area contributed by atoms with E-state index in [1.54, 1.807) is 30.3 Å². The quantitative estimate of drug-likeness (QED) is 0.340. The van der Waals surface area contributed by atoms with Gasteiger partial charge < -0.3 is 25.2 Å². The zero-order valence-electron chi connectivity index (χ0n) is 24.3. The molecule has 2 fully saturated rings. The van der Waals surface area contributed by atoms with Crippen LogP contribution in [0.15, 0.2) is 42.6 Å². The minimum atomic E-state index is -3.50. The molecule has 0 radical (unpaired) electrons. The maximum Gasteiger partial charge on any atom is 0.232 e. The Labute approximate surface area is 251 Å². The Hall–Kier alpha value is -3.35. The van der Waals surface area contributed by atoms with E-state index in [1.807, 2.05) is 0 Å². The Morgan fingerprint density at radius 3 is 2.38 bits per heavy atom. The lowest BCUT2D eigenvalue weighted by Gasteiger charge is -2.47. The molecule has 13 heteroatoms. The van der Waals surface area contributed by atoms with E-state index in [9.17, 15) is 8.42 Å². The largest absolute Gasteiger partial charge is 0.494 e. The second kappa shape index (κ2) is 12.1. The fraction of sp³-hybridized carbons (Fsp3) is 0.448. The summed E-state index contributed by atoms with van der Waals surface area (Å²) >= 11 is 6.38. The smallest absolute Gasteiger partial charge is 0.232 e. The van der Waals surface area contributed by atoms with Gasteiger partial charge in [0.15, 0.2) is 5.82 Å². The van der Waals surface area contributed by atoms with Crippen LogP contribution in [0, 0.1) is 11.2 Å². The predicted octanol–water partition coefficient (Wildman–Crippen LogP) is 5.47. The Morgan fingerprint density at radius 2 is 1.71 bits per heavy atom. The van der Waals surface area contributed by atoms with Crippen LogP contribution in [0.4, 0.5) is 38.9 Å². The van der Waals surface area contributed by atoms with Gasteiger partial charge in [-0.1, -0.05) is 23.7 Å². The summed E-state index contributed by atoms with van der Waals surface area (Å²) in [6.07, 6.45) is 7.04. The fourth-order valence-corrected chi connectivity index (χ4v) is 6.32. The third kappa shape index (κ3) is 6.50. The molecule has 2 aliphatic rings. The normalized spacial score (nSPS) is 17.2. The van der Waals surface area contributed by atoms with E-state index in [4.69, 9.17) is 16.3 Å². The maximum absolute atomic E-state index is 15.5. The van der Waals surface area contributed by atoms with E-state index in [1.165, 1.54) is 39.3 Å². The van der Waals surface area contributed by atoms with Crippen molar-refractivity contribution in [3.8, 4) is 5.75 Å². The van der Waals surface area contributed by atoms with Crippen molar-refractivity contribution in [2.45, 2.75) is 25.7 Å². The van der Waals surface area contributed by atoms with Crippen LogP contribution in [0.2, 0.25) is 5.02 Å². The van der Waals surface area contributed by atoms with Crippen molar-refractivity contribution in [1.29, 1.82) is 0 Å². The minimum absolute atomic E-state index is 0.156. The molecule has 0 atom stereocenters. The highest BCUT2D eigenvalue weighted by atomic mass is 35.5. The van der Waals surface area contributed by atoms with Crippen molar-refractivity contribution in [2.24, 2.45) is 5.41 Å². The summed E-state index contributed by atoms with van der Waals surface area (Å²) in [5, 5.41) is 6.36. The highest BCUT2D eigenvalue weighted by molar-refractivity contribution is 7.92. The highest BCUT2D eigenvalue weighted by Crippen LogP contribution is 2.43. The van der Waals surface area contributed by atoms with Gasteiger partial charge in [0, 0.05) is 32.3 Å². The lowest BCUT2D eigenvalue weighted by molar-refractivity contribution is 0.0943. The Morgan fingerprint density at radius 1 is 1.05 bits per heavy atom. The SMILES string of the molecule is COc1cc(N2CCC3(CCN(C)CC3)CC2)c(F)cc1Nc1ncc(Cl)c(Nc2ccccc2N(C)S(C)(=O)=O)n1. The number of nitrogens with one attached hydrogen (secondary N) is 2. The molecule has 42 heavy (non-hydrogen) atoms. The molecule has 0 bridgehead atoms. The number of piperidine rings is 2. The average Bonchev–Trinajstić information content (AvgIpc) is 2.97. The van der Waals surface area contributed by atoms with Crippen LogP contribution in [-0.4, -0.2) is 76.9 Å². The molecule has 5 rings (SSSR count). The van der Waals surface area contributed by atoms with E-state index >= 15 is 4.39 Å². The molecule has 10 nitrogen and oxygen atoms in total. The summed E-state index contributed by atoms with van der Waals surface area (Å²) in [7, 11) is 1.67. The molecular formula is C29H37ClFN7O3S. The first-order valence-corrected chi connectivity index (χ1v) is 16.1. The van der Waals surface area contributed by atoms with Crippen molar-refractivity contribution in [3.63, 3.8) is 0 Å². The third-order valence-corrected chi connectivity index (χ3v) is 9.93. The Kier molecular flexibility index (Phi) is 8.68. The van der Waals surface area contributed by atoms with Gasteiger partial charge in [-0.25, -0.2) is 17.8 Å². The summed E-state index contributed by atoms with van der Waals surface area (Å²) in [5.41, 5.74) is 2.15. The van der Waals surface area contributed by atoms with Gasteiger partial charge in [-0.05, 0) is 63.4 Å². The van der Waals surface area contributed by atoms with E-state index < -0.39 is 10.0 Å². The monoisotopic (exact) mass is 617 g/mol. The molecule has 2 saturated heterocycles. The van der Waals surface area contributed by atoms with Crippen molar-refractivity contribution >= 4 is 56.1 Å². The predicted molar refractivity (Wildman–Crippen MR) is 167 cm³/mol. The highest BCUT2D eigenvalue weighted by Gasteiger charge is 2.37. The van der Waals surface area contributed by atoms with E-state index in [0.717, 1.165) is 49.6 Å². The number of hydrogen-bond acceptors (Lipinski definition) is 9. The van der Waals surface area contributed by atoms with Gasteiger partial charge in [0.1, 0.15) is 16.6 Å². The molecule has 0 saturated carbocycles. The molecule has 3 heterocycles. The summed E-state index contributed by atoms with van der Waals surface area (Å²) in [6.45, 7) is 3.86. The lowest BCUT2D eigenvalue weighted by atomic mass is 9.71. The fourth-order valence-electron chi connectivity index (χ4n) is 5.66. The van der Waals surface area contributed by atoms with Crippen LogP contribution in [0.5, 0.6) is 5.75 Å². The van der Waals surface area contributed by atoms with Gasteiger partial charge in [0.2, 0.25) is 16.0 Å². The molecule has 3 aromatic rings. The number of sulfonamides is 1. The zero-order valence-corrected chi connectivity index (χ0v) is 25.9. The average molecular weight is 618 g/mol. The number of benzene rings is 2. The molecule has 0 unspecified atom stereocenters. The van der Waals surface area contributed by atoms with Crippen LogP contribution in [0.25, 0.3) is 0 Å². The number of likely N-dealkylation sites (tertiary alicyclic amines) is 1. The van der Waals surface area contributed by atoms with E-state index in [2.05, 4.69) is 37.4 Å². The van der Waals surface area contributed by atoms with Gasteiger partial charge in [0.05, 0.1) is 42.3 Å². The number of anilines is 6. The first kappa shape index (κ1) is 30.1. The molecular weight excluding hydrogens is 581 g/mol. The third-order valence-electron chi connectivity index (χ3n) is 8.47. The lowest BCUT2D eigenvalue weighted by Crippen LogP contribution is -2.46. The van der Waals surface area contributed by atoms with Crippen LogP contribution >= 0.6 is 11.6 Å². The zero-order chi connectivity index (χ0) is 30.1. The van der Waals surface area contributed by atoms with Crippen LogP contribution < -0.4 is 24.6 Å². The number of nitrogens with zero attached hydrogens (tertiary/aromatic N) is 5. The number of aromatic nitrogens is 2. The number of rotatable bonds is 8. The molecule has 2 N–H and O–H groups in total. The summed E-state index contributed by atoms with van der Waals surface area (Å²) in [6, 6.07) is 10.0. The van der Waals surface area contributed by atoms with E-state index in [-0.39, 0.29) is 22.6 Å². The Bertz CT molecular complexity index is 1540. The van der Waals surface area contributed by atoms with Crippen LogP contribution in [0.3, 0.4) is 0 Å². The van der Waals surface area contributed by atoms with Crippen LogP contribution in [-0.2, 0) is 10.0 Å². The summed E-state index contributed by atoms with van der Waals surface area (Å²) in [4.78, 5) is 13.2. The van der Waals surface area contributed by atoms with E-state index in [0.29, 0.717) is 33.9 Å². The maximum atomic E-state index is 15.5. The standard InChI is InChI=1S/C29H37ClFN7O3S/c1-36-13-9-29(10-14-36)11-15-38(16-12-29)25-18-26(41-3)23(17-21(25)31)34-28-32-19-20(30)27(35-28)33-22-7-5-6-8-24(22)37(2)42(4,39)40/h5-8,17-19H,9-16H2,1-4H3,(H2,32,33,34,35). The van der Waals surface area contributed by atoms with Crippen molar-refractivity contribution in [3.05, 3.63) is 53.4 Å². The van der Waals surface area contributed by atoms with Crippen molar-refractivity contribution in [1.82, 2.24) is 14.9 Å². The number of halogens is 2. The van der Waals surface area contributed by atoms with Gasteiger partial charge in [-0.3, -0.25) is 4.31 Å². The van der Waals surface area contributed by atoms with Crippen LogP contribution in [0.1, 0.15) is 25.7 Å². The number of para-hydroxylation sites is 2. The summed E-state index contributed by atoms with van der Waals surface area (Å²) in [5.74, 6) is 0.501. The first-order valence-electron chi connectivity index (χ1n) is 13.9. The number of hydrogen-bond donors (Lipinski definition) is 2. The summed E-state index contributed by atoms with van der Waals surface area (Å²) < 4.78 is 46.6. The molecule has 226 valence electrons. The van der Waals surface area contributed by atoms with Crippen molar-refractivity contribution < 1.29 is 17.5 Å². The minimum Gasteiger partial charge on any atom is -0.494 e. The molecule has 2 aliphatic heterocycles. The number of ether oxygens (including phenoxy) is 1. The molecule has 1 aromatic heterocycles. The molecule has 2 aromatic carbocycles. The Balaban J connectivity index is 1.34. The second-order valence-electron chi connectivity index (χ2n) is 11.2. The van der Waals surface area contributed by atoms with Gasteiger partial charge >= 0.3 is 0 Å². The molecule has 1 spiro atoms. The van der Waals surface area contributed by atoms with Gasteiger partial charge in [0.25, 0.3) is 0 Å². The van der Waals surface area contributed by atoms with Gasteiger partial charge in [-0.15, -0.1) is 0 Å². The number of methoxy groups -OCH3 is 1. The van der Waals surface area contributed by atoms with Gasteiger partial charge in [-0.2, -0.15) is 4.98 Å². The molecule has 0 amide bonds. The molecule has 0 aliphatic carbocycles. The first-order chi connectivity index (χ1) is 20.0.